The van der Waals surface area contributed by atoms with Gasteiger partial charge in [0.2, 0.25) is 0 Å². The van der Waals surface area contributed by atoms with Crippen LogP contribution in [0.2, 0.25) is 0 Å². The number of amides is 1. The Bertz CT molecular complexity index is 606. The standard InChI is InChI=1S/C22H35N3O2/c1-17-16-23-12-15-25(17)20(18-8-6-5-7-9-18)19-10-13-24(14-11-19)21(26)27-22(2,3)4/h5-9,17,19-20,23H,10-16H2,1-4H3/t17-,20?/m0/s1. The molecule has 5 nitrogen and oxygen atoms in total. The first kappa shape index (κ1) is 20.2. The zero-order chi connectivity index (χ0) is 19.4. The molecule has 0 aromatic heterocycles. The lowest BCUT2D eigenvalue weighted by molar-refractivity contribution is 0.00782. The Kier molecular flexibility index (Phi) is 6.43. The van der Waals surface area contributed by atoms with E-state index in [0.717, 1.165) is 45.6 Å². The van der Waals surface area contributed by atoms with Gasteiger partial charge in [-0.1, -0.05) is 30.3 Å². The molecule has 0 bridgehead atoms. The maximum atomic E-state index is 12.4. The number of hydrogen-bond donors (Lipinski definition) is 1. The zero-order valence-corrected chi connectivity index (χ0v) is 17.3. The van der Waals surface area contributed by atoms with E-state index in [1.165, 1.54) is 5.56 Å². The van der Waals surface area contributed by atoms with Gasteiger partial charge in [-0.2, -0.15) is 0 Å². The summed E-state index contributed by atoms with van der Waals surface area (Å²) in [6.45, 7) is 12.8. The van der Waals surface area contributed by atoms with Gasteiger partial charge in [0.05, 0.1) is 0 Å². The molecule has 1 aromatic rings. The fourth-order valence-electron chi connectivity index (χ4n) is 4.38. The van der Waals surface area contributed by atoms with Crippen molar-refractivity contribution in [2.24, 2.45) is 5.92 Å². The summed E-state index contributed by atoms with van der Waals surface area (Å²) in [4.78, 5) is 16.9. The largest absolute Gasteiger partial charge is 0.444 e. The molecule has 0 spiro atoms. The van der Waals surface area contributed by atoms with E-state index in [9.17, 15) is 4.79 Å². The highest BCUT2D eigenvalue weighted by molar-refractivity contribution is 5.68. The van der Waals surface area contributed by atoms with Crippen molar-refractivity contribution in [3.8, 4) is 0 Å². The minimum atomic E-state index is -0.434. The number of nitrogens with one attached hydrogen (secondary N) is 1. The quantitative estimate of drug-likeness (QED) is 0.878. The third kappa shape index (κ3) is 5.23. The lowest BCUT2D eigenvalue weighted by Crippen LogP contribution is -2.53. The van der Waals surface area contributed by atoms with Crippen molar-refractivity contribution >= 4 is 6.09 Å². The number of piperazine rings is 1. The molecule has 27 heavy (non-hydrogen) atoms. The van der Waals surface area contributed by atoms with Crippen LogP contribution in [0.15, 0.2) is 30.3 Å². The van der Waals surface area contributed by atoms with Gasteiger partial charge in [-0.25, -0.2) is 4.79 Å². The van der Waals surface area contributed by atoms with Gasteiger partial charge in [0.25, 0.3) is 0 Å². The molecule has 1 unspecified atom stereocenters. The van der Waals surface area contributed by atoms with Gasteiger partial charge < -0.3 is 15.0 Å². The number of piperidine rings is 1. The number of rotatable bonds is 3. The molecule has 0 aliphatic carbocycles. The molecule has 0 radical (unpaired) electrons. The van der Waals surface area contributed by atoms with Crippen LogP contribution in [-0.4, -0.2) is 60.3 Å². The van der Waals surface area contributed by atoms with Crippen LogP contribution in [0.3, 0.4) is 0 Å². The lowest BCUT2D eigenvalue weighted by Gasteiger charge is -2.46. The van der Waals surface area contributed by atoms with E-state index >= 15 is 0 Å². The highest BCUT2D eigenvalue weighted by atomic mass is 16.6. The number of benzene rings is 1. The Morgan fingerprint density at radius 1 is 1.15 bits per heavy atom. The molecule has 1 N–H and O–H groups in total. The molecule has 0 saturated carbocycles. The van der Waals surface area contributed by atoms with E-state index < -0.39 is 5.60 Å². The average molecular weight is 374 g/mol. The number of likely N-dealkylation sites (tertiary alicyclic amines) is 1. The summed E-state index contributed by atoms with van der Waals surface area (Å²) in [6, 6.07) is 11.8. The minimum Gasteiger partial charge on any atom is -0.444 e. The van der Waals surface area contributed by atoms with Crippen molar-refractivity contribution in [1.82, 2.24) is 15.1 Å². The highest BCUT2D eigenvalue weighted by Crippen LogP contribution is 2.37. The van der Waals surface area contributed by atoms with Crippen LogP contribution < -0.4 is 5.32 Å². The van der Waals surface area contributed by atoms with Crippen molar-refractivity contribution in [2.75, 3.05) is 32.7 Å². The average Bonchev–Trinajstić information content (AvgIpc) is 2.64. The van der Waals surface area contributed by atoms with Crippen molar-refractivity contribution in [2.45, 2.75) is 58.2 Å². The molecule has 2 heterocycles. The number of carbonyl (C=O) groups excluding carboxylic acids is 1. The summed E-state index contributed by atoms with van der Waals surface area (Å²) in [7, 11) is 0. The van der Waals surface area contributed by atoms with Gasteiger partial charge in [-0.15, -0.1) is 0 Å². The van der Waals surface area contributed by atoms with Gasteiger partial charge in [0.1, 0.15) is 5.60 Å². The smallest absolute Gasteiger partial charge is 0.410 e. The molecule has 2 aliphatic rings. The van der Waals surface area contributed by atoms with Crippen LogP contribution in [0.25, 0.3) is 0 Å². The summed E-state index contributed by atoms with van der Waals surface area (Å²) in [5.41, 5.74) is 0.971. The summed E-state index contributed by atoms with van der Waals surface area (Å²) in [5, 5.41) is 3.51. The van der Waals surface area contributed by atoms with Gasteiger partial charge in [0.15, 0.2) is 0 Å². The molecule has 5 heteroatoms. The third-order valence-electron chi connectivity index (χ3n) is 5.69. The van der Waals surface area contributed by atoms with Gasteiger partial charge >= 0.3 is 6.09 Å². The Balaban J connectivity index is 1.70. The molecule has 2 fully saturated rings. The first-order valence-electron chi connectivity index (χ1n) is 10.3. The van der Waals surface area contributed by atoms with E-state index in [1.807, 2.05) is 25.7 Å². The molecule has 2 atom stereocenters. The fourth-order valence-corrected chi connectivity index (χ4v) is 4.38. The maximum absolute atomic E-state index is 12.4. The number of hydrogen-bond acceptors (Lipinski definition) is 4. The van der Waals surface area contributed by atoms with Crippen LogP contribution in [0.5, 0.6) is 0 Å². The predicted octanol–water partition coefficient (Wildman–Crippen LogP) is 3.67. The molecule has 1 aromatic carbocycles. The first-order valence-corrected chi connectivity index (χ1v) is 10.3. The minimum absolute atomic E-state index is 0.173. The van der Waals surface area contributed by atoms with Crippen molar-refractivity contribution < 1.29 is 9.53 Å². The van der Waals surface area contributed by atoms with Gasteiger partial charge in [-0.3, -0.25) is 4.90 Å². The second-order valence-electron chi connectivity index (χ2n) is 8.95. The van der Waals surface area contributed by atoms with Gasteiger partial charge in [0, 0.05) is 44.8 Å². The van der Waals surface area contributed by atoms with Crippen LogP contribution >= 0.6 is 0 Å². The third-order valence-corrected chi connectivity index (χ3v) is 5.69. The Morgan fingerprint density at radius 2 is 1.81 bits per heavy atom. The number of carbonyl (C=O) groups is 1. The van der Waals surface area contributed by atoms with E-state index in [0.29, 0.717) is 18.0 Å². The number of ether oxygens (including phenoxy) is 1. The van der Waals surface area contributed by atoms with E-state index in [4.69, 9.17) is 4.74 Å². The molecule has 2 saturated heterocycles. The Labute approximate surface area is 164 Å². The van der Waals surface area contributed by atoms with E-state index in [2.05, 4.69) is 47.5 Å². The molecular formula is C22H35N3O2. The topological polar surface area (TPSA) is 44.8 Å². The normalized spacial score (nSPS) is 23.9. The predicted molar refractivity (Wildman–Crippen MR) is 109 cm³/mol. The van der Waals surface area contributed by atoms with Gasteiger partial charge in [-0.05, 0) is 52.0 Å². The maximum Gasteiger partial charge on any atom is 0.410 e. The Hall–Kier alpha value is -1.59. The van der Waals surface area contributed by atoms with Crippen LogP contribution in [0, 0.1) is 5.92 Å². The second-order valence-corrected chi connectivity index (χ2v) is 8.95. The summed E-state index contributed by atoms with van der Waals surface area (Å²) in [5.74, 6) is 0.562. The second kappa shape index (κ2) is 8.61. The summed E-state index contributed by atoms with van der Waals surface area (Å²) in [6.07, 6.45) is 1.87. The zero-order valence-electron chi connectivity index (χ0n) is 17.3. The Morgan fingerprint density at radius 3 is 2.41 bits per heavy atom. The monoisotopic (exact) mass is 373 g/mol. The fraction of sp³-hybridized carbons (Fsp3) is 0.682. The highest BCUT2D eigenvalue weighted by Gasteiger charge is 2.36. The first-order chi connectivity index (χ1) is 12.8. The number of nitrogens with zero attached hydrogens (tertiary/aromatic N) is 2. The molecular weight excluding hydrogens is 338 g/mol. The molecule has 3 rings (SSSR count). The summed E-state index contributed by atoms with van der Waals surface area (Å²) < 4.78 is 5.56. The molecule has 150 valence electrons. The van der Waals surface area contributed by atoms with Crippen LogP contribution in [-0.2, 0) is 4.74 Å². The van der Waals surface area contributed by atoms with Crippen molar-refractivity contribution in [1.29, 1.82) is 0 Å². The van der Waals surface area contributed by atoms with Crippen LogP contribution in [0.1, 0.15) is 52.1 Å². The lowest BCUT2D eigenvalue weighted by atomic mass is 9.83. The van der Waals surface area contributed by atoms with E-state index in [1.54, 1.807) is 0 Å². The van der Waals surface area contributed by atoms with Crippen molar-refractivity contribution in [3.63, 3.8) is 0 Å². The van der Waals surface area contributed by atoms with E-state index in [-0.39, 0.29) is 6.09 Å². The molecule has 1 amide bonds. The van der Waals surface area contributed by atoms with Crippen molar-refractivity contribution in [3.05, 3.63) is 35.9 Å². The van der Waals surface area contributed by atoms with Crippen LogP contribution in [0.4, 0.5) is 4.79 Å². The molecule has 2 aliphatic heterocycles. The SMILES string of the molecule is C[C@H]1CNCCN1C(c1ccccc1)C1CCN(C(=O)OC(C)(C)C)CC1. The summed E-state index contributed by atoms with van der Waals surface area (Å²) >= 11 is 0.